The summed E-state index contributed by atoms with van der Waals surface area (Å²) in [7, 11) is 0. The molecule has 0 aliphatic heterocycles. The lowest BCUT2D eigenvalue weighted by Gasteiger charge is -2.13. The fourth-order valence-corrected chi connectivity index (χ4v) is 1.50. The maximum atomic E-state index is 9.08. The molecule has 0 fully saturated rings. The lowest BCUT2D eigenvalue weighted by Crippen LogP contribution is -2.23. The highest BCUT2D eigenvalue weighted by atomic mass is 16.3. The molecule has 2 aromatic rings. The van der Waals surface area contributed by atoms with E-state index in [1.54, 1.807) is 6.20 Å². The summed E-state index contributed by atoms with van der Waals surface area (Å²) in [6.45, 7) is 2.10. The van der Waals surface area contributed by atoms with Crippen molar-refractivity contribution in [2.75, 3.05) is 11.9 Å². The van der Waals surface area contributed by atoms with Crippen molar-refractivity contribution in [1.29, 1.82) is 0 Å². The smallest absolute Gasteiger partial charge is 0.223 e. The second-order valence-corrected chi connectivity index (χ2v) is 3.68. The van der Waals surface area contributed by atoms with Gasteiger partial charge in [-0.2, -0.15) is 0 Å². The summed E-state index contributed by atoms with van der Waals surface area (Å²) in [4.78, 5) is 8.59. The zero-order valence-corrected chi connectivity index (χ0v) is 9.22. The Morgan fingerprint density at radius 2 is 2.19 bits per heavy atom. The number of fused-ring (bicyclic) bond motifs is 1. The molecule has 0 saturated carbocycles. The Kier molecular flexibility index (Phi) is 3.31. The van der Waals surface area contributed by atoms with Crippen LogP contribution in [-0.4, -0.2) is 27.7 Å². The number of hydrogen-bond donors (Lipinski definition) is 2. The van der Waals surface area contributed by atoms with Gasteiger partial charge in [0.25, 0.3) is 0 Å². The van der Waals surface area contributed by atoms with Crippen LogP contribution in [0.3, 0.4) is 0 Å². The Morgan fingerprint density at radius 3 is 2.94 bits per heavy atom. The number of anilines is 1. The third-order valence-electron chi connectivity index (χ3n) is 2.54. The van der Waals surface area contributed by atoms with Crippen LogP contribution in [0.5, 0.6) is 0 Å². The van der Waals surface area contributed by atoms with Gasteiger partial charge < -0.3 is 10.4 Å². The monoisotopic (exact) mass is 217 g/mol. The molecule has 1 unspecified atom stereocenters. The molecule has 1 atom stereocenters. The van der Waals surface area contributed by atoms with Crippen molar-refractivity contribution < 1.29 is 5.11 Å². The fourth-order valence-electron chi connectivity index (χ4n) is 1.50. The Balaban J connectivity index is 2.25. The van der Waals surface area contributed by atoms with Crippen molar-refractivity contribution in [1.82, 2.24) is 9.97 Å². The molecule has 84 valence electrons. The molecular formula is C12H15N3O. The number of aliphatic hydroxyl groups excluding tert-OH is 1. The van der Waals surface area contributed by atoms with E-state index in [4.69, 9.17) is 5.11 Å². The SMILES string of the molecule is CCC(CO)Nc1ncc2ccccc2n1. The van der Waals surface area contributed by atoms with Gasteiger partial charge in [-0.05, 0) is 12.5 Å². The van der Waals surface area contributed by atoms with E-state index in [0.717, 1.165) is 17.3 Å². The number of benzene rings is 1. The van der Waals surface area contributed by atoms with E-state index in [9.17, 15) is 0 Å². The molecular weight excluding hydrogens is 202 g/mol. The standard InChI is InChI=1S/C12H15N3O/c1-2-10(8-16)14-12-13-7-9-5-3-4-6-11(9)15-12/h3-7,10,16H,2,8H2,1H3,(H,13,14,15). The number of hydrogen-bond acceptors (Lipinski definition) is 4. The van der Waals surface area contributed by atoms with E-state index in [-0.39, 0.29) is 12.6 Å². The molecule has 1 aromatic heterocycles. The number of aromatic nitrogens is 2. The first-order chi connectivity index (χ1) is 7.83. The molecule has 0 spiro atoms. The van der Waals surface area contributed by atoms with Crippen LogP contribution >= 0.6 is 0 Å². The van der Waals surface area contributed by atoms with Crippen molar-refractivity contribution >= 4 is 16.9 Å². The number of nitrogens with zero attached hydrogens (tertiary/aromatic N) is 2. The molecule has 0 aliphatic carbocycles. The largest absolute Gasteiger partial charge is 0.394 e. The minimum atomic E-state index is 0.0150. The van der Waals surface area contributed by atoms with Crippen LogP contribution in [0, 0.1) is 0 Å². The molecule has 0 amide bonds. The molecule has 0 saturated heterocycles. The molecule has 16 heavy (non-hydrogen) atoms. The molecule has 0 bridgehead atoms. The maximum absolute atomic E-state index is 9.08. The Bertz CT molecular complexity index is 469. The Hall–Kier alpha value is -1.68. The molecule has 1 heterocycles. The van der Waals surface area contributed by atoms with Gasteiger partial charge in [0.1, 0.15) is 0 Å². The molecule has 2 N–H and O–H groups in total. The minimum Gasteiger partial charge on any atom is -0.394 e. The molecule has 2 rings (SSSR count). The number of nitrogens with one attached hydrogen (secondary N) is 1. The summed E-state index contributed by atoms with van der Waals surface area (Å²) in [5.74, 6) is 0.569. The van der Waals surface area contributed by atoms with Crippen molar-refractivity contribution in [3.63, 3.8) is 0 Å². The van der Waals surface area contributed by atoms with Crippen molar-refractivity contribution in [3.05, 3.63) is 30.5 Å². The van der Waals surface area contributed by atoms with E-state index in [2.05, 4.69) is 15.3 Å². The molecule has 0 radical (unpaired) electrons. The number of aliphatic hydroxyl groups is 1. The van der Waals surface area contributed by atoms with Crippen LogP contribution in [0.2, 0.25) is 0 Å². The molecule has 0 aliphatic rings. The zero-order valence-electron chi connectivity index (χ0n) is 9.22. The second-order valence-electron chi connectivity index (χ2n) is 3.68. The molecule has 1 aromatic carbocycles. The maximum Gasteiger partial charge on any atom is 0.223 e. The lowest BCUT2D eigenvalue weighted by molar-refractivity contribution is 0.271. The average molecular weight is 217 g/mol. The predicted molar refractivity (Wildman–Crippen MR) is 64.3 cm³/mol. The van der Waals surface area contributed by atoms with Gasteiger partial charge in [-0.15, -0.1) is 0 Å². The van der Waals surface area contributed by atoms with E-state index in [1.165, 1.54) is 0 Å². The van der Waals surface area contributed by atoms with Crippen LogP contribution in [-0.2, 0) is 0 Å². The Labute approximate surface area is 94.4 Å². The van der Waals surface area contributed by atoms with Gasteiger partial charge in [-0.25, -0.2) is 9.97 Å². The first-order valence-corrected chi connectivity index (χ1v) is 5.42. The summed E-state index contributed by atoms with van der Waals surface area (Å²) < 4.78 is 0. The lowest BCUT2D eigenvalue weighted by atomic mass is 10.2. The van der Waals surface area contributed by atoms with Crippen LogP contribution < -0.4 is 5.32 Å². The summed E-state index contributed by atoms with van der Waals surface area (Å²) in [6, 6.07) is 7.84. The Morgan fingerprint density at radius 1 is 1.38 bits per heavy atom. The summed E-state index contributed by atoms with van der Waals surface area (Å²) >= 11 is 0. The normalized spacial score (nSPS) is 12.6. The van der Waals surface area contributed by atoms with Crippen LogP contribution in [0.1, 0.15) is 13.3 Å². The van der Waals surface area contributed by atoms with Crippen molar-refractivity contribution in [3.8, 4) is 0 Å². The van der Waals surface area contributed by atoms with Gasteiger partial charge in [0, 0.05) is 11.6 Å². The van der Waals surface area contributed by atoms with E-state index in [0.29, 0.717) is 5.95 Å². The highest BCUT2D eigenvalue weighted by Crippen LogP contribution is 2.12. The fraction of sp³-hybridized carbons (Fsp3) is 0.333. The third kappa shape index (κ3) is 2.28. The number of rotatable bonds is 4. The van der Waals surface area contributed by atoms with Crippen LogP contribution in [0.4, 0.5) is 5.95 Å². The highest BCUT2D eigenvalue weighted by Gasteiger charge is 2.06. The van der Waals surface area contributed by atoms with Crippen molar-refractivity contribution in [2.24, 2.45) is 0 Å². The van der Waals surface area contributed by atoms with E-state index < -0.39 is 0 Å². The third-order valence-corrected chi connectivity index (χ3v) is 2.54. The summed E-state index contributed by atoms with van der Waals surface area (Å²) in [5.41, 5.74) is 0.910. The van der Waals surface area contributed by atoms with Gasteiger partial charge in [0.15, 0.2) is 0 Å². The quantitative estimate of drug-likeness (QED) is 0.820. The van der Waals surface area contributed by atoms with Crippen molar-refractivity contribution in [2.45, 2.75) is 19.4 Å². The first-order valence-electron chi connectivity index (χ1n) is 5.42. The van der Waals surface area contributed by atoms with Crippen LogP contribution in [0.15, 0.2) is 30.5 Å². The topological polar surface area (TPSA) is 58.0 Å². The van der Waals surface area contributed by atoms with E-state index >= 15 is 0 Å². The first kappa shape index (κ1) is 10.8. The predicted octanol–water partition coefficient (Wildman–Crippen LogP) is 1.81. The second kappa shape index (κ2) is 4.90. The average Bonchev–Trinajstić information content (AvgIpc) is 2.35. The highest BCUT2D eigenvalue weighted by molar-refractivity contribution is 5.78. The minimum absolute atomic E-state index is 0.0150. The number of para-hydroxylation sites is 1. The summed E-state index contributed by atoms with van der Waals surface area (Å²) in [5, 5.41) is 13.2. The molecule has 4 nitrogen and oxygen atoms in total. The van der Waals surface area contributed by atoms with Gasteiger partial charge in [0.2, 0.25) is 5.95 Å². The van der Waals surface area contributed by atoms with Gasteiger partial charge in [0.05, 0.1) is 18.2 Å². The summed E-state index contributed by atoms with van der Waals surface area (Å²) in [6.07, 6.45) is 2.63. The molecule has 4 heteroatoms. The van der Waals surface area contributed by atoms with Gasteiger partial charge >= 0.3 is 0 Å². The zero-order chi connectivity index (χ0) is 11.4. The van der Waals surface area contributed by atoms with Gasteiger partial charge in [-0.3, -0.25) is 0 Å². The van der Waals surface area contributed by atoms with E-state index in [1.807, 2.05) is 31.2 Å². The van der Waals surface area contributed by atoms with Gasteiger partial charge in [-0.1, -0.05) is 25.1 Å². The van der Waals surface area contributed by atoms with Crippen LogP contribution in [0.25, 0.3) is 10.9 Å².